The van der Waals surface area contributed by atoms with Crippen molar-refractivity contribution in [3.8, 4) is 0 Å². The first kappa shape index (κ1) is 18.5. The molecule has 9 heteroatoms. The van der Waals surface area contributed by atoms with E-state index in [2.05, 4.69) is 26.3 Å². The molecule has 0 N–H and O–H groups in total. The third-order valence-electron chi connectivity index (χ3n) is 1.64. The Morgan fingerprint density at radius 1 is 0.632 bits per heavy atom. The zero-order valence-electron chi connectivity index (χ0n) is 9.97. The predicted octanol–water partition coefficient (Wildman–Crippen LogP) is 1.14. The van der Waals surface area contributed by atoms with Crippen LogP contribution in [0.15, 0.2) is 47.9 Å². The smallest absolute Gasteiger partial charge is 0.217 e. The SMILES string of the molecule is C=CS(=O)C(OC(S(=O)C=C)S(=O)C=C)S(=O)C=C. The Balaban J connectivity index is 5.35. The summed E-state index contributed by atoms with van der Waals surface area (Å²) < 4.78 is 49.1. The van der Waals surface area contributed by atoms with Crippen molar-refractivity contribution < 1.29 is 21.6 Å². The summed E-state index contributed by atoms with van der Waals surface area (Å²) in [6.45, 7) is 13.2. The van der Waals surface area contributed by atoms with Gasteiger partial charge in [0.1, 0.15) is 0 Å². The molecule has 5 nitrogen and oxygen atoms in total. The number of rotatable bonds is 10. The molecule has 0 fully saturated rings. The molecule has 0 saturated carbocycles. The van der Waals surface area contributed by atoms with Gasteiger partial charge in [-0.3, -0.25) is 16.8 Å². The van der Waals surface area contributed by atoms with Gasteiger partial charge < -0.3 is 4.74 Å². The lowest BCUT2D eigenvalue weighted by Gasteiger charge is -2.19. The summed E-state index contributed by atoms with van der Waals surface area (Å²) in [5.74, 6) is 0. The fraction of sp³-hybridized carbons (Fsp3) is 0.200. The van der Waals surface area contributed by atoms with Crippen LogP contribution < -0.4 is 0 Å². The van der Waals surface area contributed by atoms with Crippen molar-refractivity contribution in [2.75, 3.05) is 0 Å². The molecule has 0 spiro atoms. The molecule has 0 bridgehead atoms. The molecule has 0 aromatic rings. The normalized spacial score (nSPS) is 20.2. The maximum Gasteiger partial charge on any atom is 0.217 e. The highest BCUT2D eigenvalue weighted by Crippen LogP contribution is 2.16. The lowest BCUT2D eigenvalue weighted by molar-refractivity contribution is 0.183. The molecule has 19 heavy (non-hydrogen) atoms. The fourth-order valence-electron chi connectivity index (χ4n) is 0.811. The van der Waals surface area contributed by atoms with Gasteiger partial charge in [-0.2, -0.15) is 0 Å². The van der Waals surface area contributed by atoms with Crippen molar-refractivity contribution >= 4 is 43.2 Å². The van der Waals surface area contributed by atoms with Crippen molar-refractivity contribution in [2.24, 2.45) is 0 Å². The van der Waals surface area contributed by atoms with Gasteiger partial charge in [0.25, 0.3) is 0 Å². The third kappa shape index (κ3) is 5.57. The molecule has 4 unspecified atom stereocenters. The van der Waals surface area contributed by atoms with E-state index < -0.39 is 52.7 Å². The lowest BCUT2D eigenvalue weighted by atomic mass is 11.3. The average Bonchev–Trinajstić information content (AvgIpc) is 2.45. The van der Waals surface area contributed by atoms with E-state index in [4.69, 9.17) is 4.74 Å². The van der Waals surface area contributed by atoms with E-state index >= 15 is 0 Å². The first-order chi connectivity index (χ1) is 8.92. The predicted molar refractivity (Wildman–Crippen MR) is 82.0 cm³/mol. The summed E-state index contributed by atoms with van der Waals surface area (Å²) in [6.07, 6.45) is 0. The third-order valence-corrected chi connectivity index (χ3v) is 7.19. The highest BCUT2D eigenvalue weighted by molar-refractivity contribution is 8.06. The zero-order chi connectivity index (χ0) is 15.0. The zero-order valence-corrected chi connectivity index (χ0v) is 13.2. The Labute approximate surface area is 122 Å². The molecule has 0 rings (SSSR count). The Morgan fingerprint density at radius 2 is 0.842 bits per heavy atom. The monoisotopic (exact) mass is 342 g/mol. The fourth-order valence-corrected chi connectivity index (χ4v) is 5.04. The molecule has 0 aromatic carbocycles. The minimum atomic E-state index is -1.82. The molecule has 108 valence electrons. The van der Waals surface area contributed by atoms with E-state index in [0.717, 1.165) is 21.6 Å². The van der Waals surface area contributed by atoms with Gasteiger partial charge in [0.2, 0.25) is 9.54 Å². The summed E-state index contributed by atoms with van der Waals surface area (Å²) in [7, 11) is -7.28. The van der Waals surface area contributed by atoms with Gasteiger partial charge in [-0.05, 0) is 21.6 Å². The van der Waals surface area contributed by atoms with E-state index in [0.29, 0.717) is 0 Å². The van der Waals surface area contributed by atoms with E-state index in [-0.39, 0.29) is 0 Å². The van der Waals surface area contributed by atoms with Crippen LogP contribution in [-0.2, 0) is 47.9 Å². The largest absolute Gasteiger partial charge is 0.322 e. The minimum absolute atomic E-state index is 1.02. The van der Waals surface area contributed by atoms with Crippen molar-refractivity contribution in [2.45, 2.75) is 9.54 Å². The van der Waals surface area contributed by atoms with Crippen LogP contribution in [0.1, 0.15) is 0 Å². The number of ether oxygens (including phenoxy) is 1. The van der Waals surface area contributed by atoms with Gasteiger partial charge >= 0.3 is 0 Å². The Bertz CT molecular complexity index is 389. The lowest BCUT2D eigenvalue weighted by Crippen LogP contribution is -2.32. The maximum atomic E-state index is 11.6. The molecular weight excluding hydrogens is 328 g/mol. The standard InChI is InChI=1S/C10H14O5S4/c1-5-16(11)9(17(12)6-2)15-10(18(13)7-3)19(14)8-4/h5-10H,1-4H2. The van der Waals surface area contributed by atoms with Gasteiger partial charge in [0.05, 0.1) is 43.2 Å². The van der Waals surface area contributed by atoms with E-state index in [1.807, 2.05) is 0 Å². The molecule has 0 amide bonds. The Hall–Kier alpha value is -0.480. The quantitative estimate of drug-likeness (QED) is 0.595. The van der Waals surface area contributed by atoms with Crippen LogP contribution >= 0.6 is 0 Å². The van der Waals surface area contributed by atoms with Gasteiger partial charge in [-0.25, -0.2) is 0 Å². The first-order valence-corrected chi connectivity index (χ1v) is 9.76. The maximum absolute atomic E-state index is 11.6. The molecule has 0 aliphatic heterocycles. The van der Waals surface area contributed by atoms with Gasteiger partial charge in [0.15, 0.2) is 0 Å². The Kier molecular flexibility index (Phi) is 9.19. The van der Waals surface area contributed by atoms with Gasteiger partial charge in [0, 0.05) is 0 Å². The van der Waals surface area contributed by atoms with Crippen LogP contribution in [0, 0.1) is 0 Å². The molecule has 0 saturated heterocycles. The van der Waals surface area contributed by atoms with Crippen molar-refractivity contribution in [3.63, 3.8) is 0 Å². The Morgan fingerprint density at radius 3 is 1.00 bits per heavy atom. The van der Waals surface area contributed by atoms with Crippen LogP contribution in [0.4, 0.5) is 0 Å². The van der Waals surface area contributed by atoms with Crippen molar-refractivity contribution in [1.82, 2.24) is 0 Å². The highest BCUT2D eigenvalue weighted by Gasteiger charge is 2.30. The van der Waals surface area contributed by atoms with Gasteiger partial charge in [-0.15, -0.1) is 0 Å². The molecule has 0 heterocycles. The van der Waals surface area contributed by atoms with Crippen molar-refractivity contribution in [3.05, 3.63) is 47.9 Å². The van der Waals surface area contributed by atoms with E-state index in [9.17, 15) is 16.8 Å². The van der Waals surface area contributed by atoms with Gasteiger partial charge in [-0.1, -0.05) is 26.3 Å². The summed E-state index contributed by atoms with van der Waals surface area (Å²) >= 11 is 0. The molecule has 0 aromatic heterocycles. The van der Waals surface area contributed by atoms with Crippen LogP contribution in [0.2, 0.25) is 0 Å². The molecular formula is C10H14O5S4. The highest BCUT2D eigenvalue weighted by atomic mass is 32.3. The summed E-state index contributed by atoms with van der Waals surface area (Å²) in [5.41, 5.74) is 0. The van der Waals surface area contributed by atoms with Crippen LogP contribution in [0.25, 0.3) is 0 Å². The average molecular weight is 342 g/mol. The van der Waals surface area contributed by atoms with E-state index in [1.54, 1.807) is 0 Å². The number of hydrogen-bond acceptors (Lipinski definition) is 5. The minimum Gasteiger partial charge on any atom is -0.322 e. The molecule has 0 aliphatic carbocycles. The van der Waals surface area contributed by atoms with Crippen LogP contribution in [0.5, 0.6) is 0 Å². The van der Waals surface area contributed by atoms with Crippen LogP contribution in [0.3, 0.4) is 0 Å². The number of hydrogen-bond donors (Lipinski definition) is 0. The van der Waals surface area contributed by atoms with Crippen LogP contribution in [-0.4, -0.2) is 26.4 Å². The topological polar surface area (TPSA) is 77.5 Å². The second kappa shape index (κ2) is 9.43. The summed E-state index contributed by atoms with van der Waals surface area (Å²) in [4.78, 5) is 0. The molecule has 4 atom stereocenters. The summed E-state index contributed by atoms with van der Waals surface area (Å²) in [6, 6.07) is 0. The first-order valence-electron chi connectivity index (χ1n) is 4.66. The second-order valence-corrected chi connectivity index (χ2v) is 8.97. The molecule has 0 aliphatic rings. The molecule has 0 radical (unpaired) electrons. The van der Waals surface area contributed by atoms with Crippen molar-refractivity contribution in [1.29, 1.82) is 0 Å². The second-order valence-electron chi connectivity index (χ2n) is 2.69. The van der Waals surface area contributed by atoms with E-state index in [1.165, 1.54) is 0 Å². The summed E-state index contributed by atoms with van der Waals surface area (Å²) in [5, 5.41) is 4.10.